The maximum absolute atomic E-state index is 13.6. The summed E-state index contributed by atoms with van der Waals surface area (Å²) in [5.74, 6) is -2.42. The molecule has 3 heterocycles. The summed E-state index contributed by atoms with van der Waals surface area (Å²) in [5.41, 5.74) is 11.1. The number of pyridine rings is 1. The number of carbonyl (C=O) groups is 1. The SMILES string of the molecule is Cc1cccc(C(=O)N2CCC(F)(F)CC2)c1-c1ccc2nc(N)c(N3CCOCC3)cc2c1. The standard InChI is InChI=1S/C26H28F2N4O2/c1-17-3-2-4-20(25(33)32-9-7-26(27,28)8-10-32)23(17)18-5-6-21-19(15-18)16-22(24(29)30-21)31-11-13-34-14-12-31/h2-6,15-16H,7-14H2,1H3,(H2,29,30). The molecule has 1 amide bonds. The second kappa shape index (κ2) is 8.83. The van der Waals surface area contributed by atoms with Gasteiger partial charge in [-0.2, -0.15) is 0 Å². The smallest absolute Gasteiger partial charge is 0.254 e. The number of anilines is 2. The molecule has 2 aromatic carbocycles. The maximum atomic E-state index is 13.6. The Balaban J connectivity index is 1.53. The third kappa shape index (κ3) is 4.30. The number of aryl methyl sites for hydroxylation is 1. The molecule has 0 radical (unpaired) electrons. The highest BCUT2D eigenvalue weighted by molar-refractivity contribution is 6.03. The van der Waals surface area contributed by atoms with Crippen molar-refractivity contribution in [3.8, 4) is 11.1 Å². The van der Waals surface area contributed by atoms with Crippen molar-refractivity contribution in [1.82, 2.24) is 9.88 Å². The van der Waals surface area contributed by atoms with Gasteiger partial charge in [-0.3, -0.25) is 4.79 Å². The van der Waals surface area contributed by atoms with Crippen molar-refractivity contribution in [2.75, 3.05) is 50.0 Å². The number of alkyl halides is 2. The van der Waals surface area contributed by atoms with E-state index in [1.54, 1.807) is 6.07 Å². The maximum Gasteiger partial charge on any atom is 0.254 e. The molecule has 2 aliphatic rings. The molecular weight excluding hydrogens is 438 g/mol. The van der Waals surface area contributed by atoms with Gasteiger partial charge in [-0.05, 0) is 47.9 Å². The Bertz CT molecular complexity index is 1230. The van der Waals surface area contributed by atoms with Gasteiger partial charge in [-0.1, -0.05) is 18.2 Å². The summed E-state index contributed by atoms with van der Waals surface area (Å²) in [6.07, 6.45) is -0.597. The van der Waals surface area contributed by atoms with Crippen LogP contribution in [0.25, 0.3) is 22.0 Å². The molecule has 8 heteroatoms. The van der Waals surface area contributed by atoms with Crippen LogP contribution >= 0.6 is 0 Å². The first-order valence-electron chi connectivity index (χ1n) is 11.6. The van der Waals surface area contributed by atoms with Crippen LogP contribution in [-0.2, 0) is 4.74 Å². The number of benzene rings is 2. The number of nitrogens with two attached hydrogens (primary N) is 1. The first kappa shape index (κ1) is 22.5. The molecule has 2 N–H and O–H groups in total. The number of fused-ring (bicyclic) bond motifs is 1. The highest BCUT2D eigenvalue weighted by Crippen LogP contribution is 2.35. The zero-order valence-corrected chi connectivity index (χ0v) is 19.2. The van der Waals surface area contributed by atoms with Gasteiger partial charge in [-0.15, -0.1) is 0 Å². The van der Waals surface area contributed by atoms with Crippen LogP contribution in [0.5, 0.6) is 0 Å². The Morgan fingerprint density at radius 1 is 1.06 bits per heavy atom. The van der Waals surface area contributed by atoms with Gasteiger partial charge in [0.2, 0.25) is 0 Å². The number of rotatable bonds is 3. The fourth-order valence-corrected chi connectivity index (χ4v) is 4.83. The lowest BCUT2D eigenvalue weighted by Crippen LogP contribution is -2.42. The summed E-state index contributed by atoms with van der Waals surface area (Å²) in [5, 5.41) is 0.924. The highest BCUT2D eigenvalue weighted by atomic mass is 19.3. The number of carbonyl (C=O) groups excluding carboxylic acids is 1. The van der Waals surface area contributed by atoms with Gasteiger partial charge in [0.15, 0.2) is 0 Å². The van der Waals surface area contributed by atoms with Crippen LogP contribution in [0.4, 0.5) is 20.3 Å². The van der Waals surface area contributed by atoms with Crippen LogP contribution < -0.4 is 10.6 Å². The van der Waals surface area contributed by atoms with E-state index in [1.165, 1.54) is 4.90 Å². The molecule has 0 unspecified atom stereocenters. The van der Waals surface area contributed by atoms with Crippen LogP contribution in [0.1, 0.15) is 28.8 Å². The van der Waals surface area contributed by atoms with Crippen molar-refractivity contribution in [2.24, 2.45) is 0 Å². The molecule has 0 atom stereocenters. The summed E-state index contributed by atoms with van der Waals surface area (Å²) in [4.78, 5) is 21.7. The van der Waals surface area contributed by atoms with Crippen molar-refractivity contribution < 1.29 is 18.3 Å². The van der Waals surface area contributed by atoms with Gasteiger partial charge >= 0.3 is 0 Å². The monoisotopic (exact) mass is 466 g/mol. The number of nitrogens with zero attached hydrogens (tertiary/aromatic N) is 3. The summed E-state index contributed by atoms with van der Waals surface area (Å²) in [6, 6.07) is 13.5. The van der Waals surface area contributed by atoms with E-state index in [1.807, 2.05) is 43.3 Å². The molecule has 34 heavy (non-hydrogen) atoms. The molecule has 178 valence electrons. The Morgan fingerprint density at radius 3 is 2.53 bits per heavy atom. The second-order valence-corrected chi connectivity index (χ2v) is 9.05. The van der Waals surface area contributed by atoms with E-state index in [0.717, 1.165) is 46.4 Å². The fraction of sp³-hybridized carbons (Fsp3) is 0.385. The van der Waals surface area contributed by atoms with Crippen molar-refractivity contribution in [3.05, 3.63) is 53.6 Å². The van der Waals surface area contributed by atoms with Gasteiger partial charge < -0.3 is 20.3 Å². The average molecular weight is 467 g/mol. The van der Waals surface area contributed by atoms with Gasteiger partial charge in [-0.25, -0.2) is 13.8 Å². The Morgan fingerprint density at radius 2 is 1.79 bits per heavy atom. The van der Waals surface area contributed by atoms with Crippen molar-refractivity contribution >= 4 is 28.3 Å². The molecule has 5 rings (SSSR count). The third-order valence-corrected chi connectivity index (χ3v) is 6.75. The minimum absolute atomic E-state index is 0.0586. The van der Waals surface area contributed by atoms with Crippen LogP contribution in [0, 0.1) is 6.92 Å². The van der Waals surface area contributed by atoms with E-state index >= 15 is 0 Å². The number of ether oxygens (including phenoxy) is 1. The minimum Gasteiger partial charge on any atom is -0.382 e. The van der Waals surface area contributed by atoms with Crippen LogP contribution in [0.15, 0.2) is 42.5 Å². The Hall–Kier alpha value is -3.26. The number of hydrogen-bond donors (Lipinski definition) is 1. The van der Waals surface area contributed by atoms with Gasteiger partial charge in [0.05, 0.1) is 24.4 Å². The Labute approximate surface area is 197 Å². The molecule has 0 saturated carbocycles. The third-order valence-electron chi connectivity index (χ3n) is 6.75. The van der Waals surface area contributed by atoms with E-state index < -0.39 is 5.92 Å². The first-order chi connectivity index (χ1) is 16.3. The van der Waals surface area contributed by atoms with E-state index in [9.17, 15) is 13.6 Å². The molecule has 0 aliphatic carbocycles. The zero-order valence-electron chi connectivity index (χ0n) is 19.2. The number of halogens is 2. The molecule has 2 fully saturated rings. The number of piperidine rings is 1. The van der Waals surface area contributed by atoms with E-state index in [0.29, 0.717) is 24.6 Å². The number of hydrogen-bond acceptors (Lipinski definition) is 5. The molecule has 2 saturated heterocycles. The minimum atomic E-state index is -2.70. The van der Waals surface area contributed by atoms with Crippen LogP contribution in [-0.4, -0.2) is 61.1 Å². The molecule has 0 spiro atoms. The number of aromatic nitrogens is 1. The molecular formula is C26H28F2N4O2. The number of morpholine rings is 1. The van der Waals surface area contributed by atoms with Crippen LogP contribution in [0.3, 0.4) is 0 Å². The zero-order chi connectivity index (χ0) is 23.9. The summed E-state index contributed by atoms with van der Waals surface area (Å²) in [6.45, 7) is 4.88. The number of nitrogen functional groups attached to an aromatic ring is 1. The first-order valence-corrected chi connectivity index (χ1v) is 11.6. The lowest BCUT2D eigenvalue weighted by atomic mass is 9.92. The summed E-state index contributed by atoms with van der Waals surface area (Å²) < 4.78 is 32.7. The van der Waals surface area contributed by atoms with Crippen molar-refractivity contribution in [1.29, 1.82) is 0 Å². The molecule has 1 aromatic heterocycles. The van der Waals surface area contributed by atoms with Gasteiger partial charge in [0, 0.05) is 50.0 Å². The quantitative estimate of drug-likeness (QED) is 0.616. The van der Waals surface area contributed by atoms with Crippen molar-refractivity contribution in [2.45, 2.75) is 25.7 Å². The topological polar surface area (TPSA) is 71.7 Å². The molecule has 6 nitrogen and oxygen atoms in total. The number of likely N-dealkylation sites (tertiary alicyclic amines) is 1. The molecule has 2 aliphatic heterocycles. The van der Waals surface area contributed by atoms with E-state index in [4.69, 9.17) is 10.5 Å². The van der Waals surface area contributed by atoms with Crippen molar-refractivity contribution in [3.63, 3.8) is 0 Å². The largest absolute Gasteiger partial charge is 0.382 e. The summed E-state index contributed by atoms with van der Waals surface area (Å²) in [7, 11) is 0. The highest BCUT2D eigenvalue weighted by Gasteiger charge is 2.36. The number of amides is 1. The molecule has 3 aromatic rings. The lowest BCUT2D eigenvalue weighted by molar-refractivity contribution is -0.0494. The average Bonchev–Trinajstić information content (AvgIpc) is 2.83. The van der Waals surface area contributed by atoms with E-state index in [-0.39, 0.29) is 31.8 Å². The van der Waals surface area contributed by atoms with E-state index in [2.05, 4.69) is 9.88 Å². The van der Waals surface area contributed by atoms with Gasteiger partial charge in [0.25, 0.3) is 11.8 Å². The molecule has 0 bridgehead atoms. The predicted octanol–water partition coefficient (Wildman–Crippen LogP) is 4.50. The van der Waals surface area contributed by atoms with Gasteiger partial charge in [0.1, 0.15) is 5.82 Å². The lowest BCUT2D eigenvalue weighted by Gasteiger charge is -2.32. The summed E-state index contributed by atoms with van der Waals surface area (Å²) >= 11 is 0. The Kier molecular flexibility index (Phi) is 5.85. The normalized spacial score (nSPS) is 18.3. The fourth-order valence-electron chi connectivity index (χ4n) is 4.83. The van der Waals surface area contributed by atoms with Crippen LogP contribution in [0.2, 0.25) is 0 Å². The second-order valence-electron chi connectivity index (χ2n) is 9.05. The predicted molar refractivity (Wildman–Crippen MR) is 129 cm³/mol.